The van der Waals surface area contributed by atoms with Crippen molar-refractivity contribution in [1.82, 2.24) is 19.4 Å². The number of pyridine rings is 1. The summed E-state index contributed by atoms with van der Waals surface area (Å²) < 4.78 is 72.0. The first-order valence-electron chi connectivity index (χ1n) is 9.75. The molecule has 0 spiro atoms. The second-order valence-electron chi connectivity index (χ2n) is 7.68. The highest BCUT2D eigenvalue weighted by atomic mass is 19.4. The van der Waals surface area contributed by atoms with E-state index in [9.17, 15) is 31.1 Å². The van der Waals surface area contributed by atoms with Gasteiger partial charge < -0.3 is 19.9 Å². The topological polar surface area (TPSA) is 100 Å². The number of amides is 1. The maximum atomic E-state index is 13.1. The summed E-state index contributed by atoms with van der Waals surface area (Å²) in [7, 11) is 5.16. The summed E-state index contributed by atoms with van der Waals surface area (Å²) in [5, 5.41) is 9.86. The molecule has 0 aliphatic rings. The van der Waals surface area contributed by atoms with Crippen LogP contribution in [-0.2, 0) is 24.6 Å². The molecule has 0 saturated heterocycles. The lowest BCUT2D eigenvalue weighted by Crippen LogP contribution is -2.21. The van der Waals surface area contributed by atoms with Crippen LogP contribution in [0.25, 0.3) is 11.0 Å². The fourth-order valence-electron chi connectivity index (χ4n) is 3.08. The van der Waals surface area contributed by atoms with E-state index in [2.05, 4.69) is 15.3 Å². The zero-order valence-corrected chi connectivity index (χ0v) is 18.9. The third kappa shape index (κ3) is 6.91. The molecule has 0 aliphatic heterocycles. The van der Waals surface area contributed by atoms with Gasteiger partial charge in [0.25, 0.3) is 5.91 Å². The van der Waals surface area contributed by atoms with Crippen molar-refractivity contribution in [2.24, 2.45) is 7.05 Å². The minimum absolute atomic E-state index is 0.0139. The van der Waals surface area contributed by atoms with Gasteiger partial charge in [0.05, 0.1) is 17.3 Å². The van der Waals surface area contributed by atoms with E-state index in [1.165, 1.54) is 19.4 Å². The summed E-state index contributed by atoms with van der Waals surface area (Å²) in [6.45, 7) is 2.70. The molecule has 3 aromatic rings. The molecule has 14 heteroatoms. The highest BCUT2D eigenvalue weighted by Crippen LogP contribution is 2.31. The standard InChI is InChI=1S/C19H20F3N5O.C2HF3O2/c1-11-7-13(6-5-12(11)10-26(2)3)24-17(28)14-8-23-9-15-16(14)27(4)18(25-15)19(20,21)22;3-2(4,5)1(6)7/h5-9H,10H2,1-4H3,(H,24,28);(H,6,7). The predicted octanol–water partition coefficient (Wildman–Crippen LogP) is 4.24. The Morgan fingerprint density at radius 1 is 1.11 bits per heavy atom. The van der Waals surface area contributed by atoms with Gasteiger partial charge in [0.1, 0.15) is 5.52 Å². The molecule has 2 aromatic heterocycles. The number of fused-ring (bicyclic) bond motifs is 1. The monoisotopic (exact) mass is 505 g/mol. The van der Waals surface area contributed by atoms with E-state index in [-0.39, 0.29) is 16.6 Å². The maximum Gasteiger partial charge on any atom is 0.490 e. The average Bonchev–Trinajstić information content (AvgIpc) is 3.07. The lowest BCUT2D eigenvalue weighted by molar-refractivity contribution is -0.192. The zero-order chi connectivity index (χ0) is 26.7. The lowest BCUT2D eigenvalue weighted by Gasteiger charge is -2.14. The zero-order valence-electron chi connectivity index (χ0n) is 18.9. The van der Waals surface area contributed by atoms with Gasteiger partial charge in [0.2, 0.25) is 5.82 Å². The predicted molar refractivity (Wildman–Crippen MR) is 114 cm³/mol. The number of anilines is 1. The van der Waals surface area contributed by atoms with E-state index in [0.717, 1.165) is 22.2 Å². The highest BCUT2D eigenvalue weighted by molar-refractivity contribution is 6.11. The number of nitrogens with one attached hydrogen (secondary N) is 1. The van der Waals surface area contributed by atoms with Crippen molar-refractivity contribution in [3.8, 4) is 0 Å². The number of rotatable bonds is 4. The van der Waals surface area contributed by atoms with E-state index < -0.39 is 30.1 Å². The summed E-state index contributed by atoms with van der Waals surface area (Å²) in [4.78, 5) is 31.1. The highest BCUT2D eigenvalue weighted by Gasteiger charge is 2.38. The number of nitrogens with zero attached hydrogens (tertiary/aromatic N) is 4. The molecule has 2 heterocycles. The van der Waals surface area contributed by atoms with Crippen molar-refractivity contribution >= 4 is 28.6 Å². The van der Waals surface area contributed by atoms with Gasteiger partial charge in [-0.15, -0.1) is 0 Å². The Morgan fingerprint density at radius 2 is 1.71 bits per heavy atom. The van der Waals surface area contributed by atoms with Crippen LogP contribution >= 0.6 is 0 Å². The van der Waals surface area contributed by atoms with Crippen LogP contribution in [0, 0.1) is 6.92 Å². The minimum Gasteiger partial charge on any atom is -0.475 e. The van der Waals surface area contributed by atoms with Crippen LogP contribution in [0.4, 0.5) is 32.0 Å². The molecule has 8 nitrogen and oxygen atoms in total. The molecule has 0 fully saturated rings. The van der Waals surface area contributed by atoms with E-state index in [0.29, 0.717) is 5.69 Å². The molecule has 0 atom stereocenters. The van der Waals surface area contributed by atoms with Gasteiger partial charge >= 0.3 is 18.3 Å². The molecular formula is C21H21F6N5O3. The largest absolute Gasteiger partial charge is 0.490 e. The van der Waals surface area contributed by atoms with Gasteiger partial charge in [0.15, 0.2) is 0 Å². The molecule has 0 unspecified atom stereocenters. The van der Waals surface area contributed by atoms with Gasteiger partial charge in [-0.2, -0.15) is 26.3 Å². The summed E-state index contributed by atoms with van der Waals surface area (Å²) in [6, 6.07) is 5.51. The van der Waals surface area contributed by atoms with Gasteiger partial charge in [-0.05, 0) is 44.3 Å². The second-order valence-corrected chi connectivity index (χ2v) is 7.68. The van der Waals surface area contributed by atoms with E-state index in [4.69, 9.17) is 9.90 Å². The summed E-state index contributed by atoms with van der Waals surface area (Å²) in [6.07, 6.45) is -7.25. The Bertz CT molecular complexity index is 1230. The van der Waals surface area contributed by atoms with Crippen LogP contribution in [0.15, 0.2) is 30.6 Å². The number of alkyl halides is 6. The Labute approximate surface area is 195 Å². The van der Waals surface area contributed by atoms with Crippen LogP contribution < -0.4 is 5.32 Å². The van der Waals surface area contributed by atoms with Gasteiger partial charge in [-0.25, -0.2) is 9.78 Å². The number of aliphatic carboxylic acids is 1. The number of imidazole rings is 1. The number of benzene rings is 1. The number of hydrogen-bond acceptors (Lipinski definition) is 5. The van der Waals surface area contributed by atoms with E-state index in [1.54, 1.807) is 6.07 Å². The smallest absolute Gasteiger partial charge is 0.475 e. The van der Waals surface area contributed by atoms with E-state index >= 15 is 0 Å². The van der Waals surface area contributed by atoms with Gasteiger partial charge in [-0.1, -0.05) is 6.07 Å². The normalized spacial score (nSPS) is 11.9. The van der Waals surface area contributed by atoms with Crippen molar-refractivity contribution in [1.29, 1.82) is 0 Å². The number of carbonyl (C=O) groups is 2. The Balaban J connectivity index is 0.000000540. The Morgan fingerprint density at radius 3 is 2.20 bits per heavy atom. The number of aryl methyl sites for hydroxylation is 2. The third-order valence-electron chi connectivity index (χ3n) is 4.61. The number of carboxylic acids is 1. The van der Waals surface area contributed by atoms with Crippen LogP contribution in [0.1, 0.15) is 27.3 Å². The quantitative estimate of drug-likeness (QED) is 0.515. The maximum absolute atomic E-state index is 13.1. The molecule has 2 N–H and O–H groups in total. The average molecular weight is 505 g/mol. The van der Waals surface area contributed by atoms with Crippen molar-refractivity contribution < 1.29 is 41.0 Å². The molecule has 190 valence electrons. The number of carbonyl (C=O) groups excluding carboxylic acids is 1. The number of aromatic nitrogens is 3. The summed E-state index contributed by atoms with van der Waals surface area (Å²) in [5.74, 6) is -4.38. The Kier molecular flexibility index (Phi) is 8.11. The van der Waals surface area contributed by atoms with Crippen molar-refractivity contribution in [3.63, 3.8) is 0 Å². The number of halogens is 6. The number of carboxylic acid groups (broad SMARTS) is 1. The molecule has 1 aromatic carbocycles. The molecule has 35 heavy (non-hydrogen) atoms. The van der Waals surface area contributed by atoms with Crippen molar-refractivity contribution in [2.45, 2.75) is 25.8 Å². The van der Waals surface area contributed by atoms with Crippen molar-refractivity contribution in [3.05, 3.63) is 53.1 Å². The Hall–Kier alpha value is -3.68. The summed E-state index contributed by atoms with van der Waals surface area (Å²) in [5.41, 5.74) is 2.80. The molecular weight excluding hydrogens is 484 g/mol. The van der Waals surface area contributed by atoms with Crippen LogP contribution in [0.2, 0.25) is 0 Å². The number of hydrogen-bond donors (Lipinski definition) is 2. The van der Waals surface area contributed by atoms with Crippen LogP contribution in [0.5, 0.6) is 0 Å². The lowest BCUT2D eigenvalue weighted by atomic mass is 10.1. The second kappa shape index (κ2) is 10.3. The first-order chi connectivity index (χ1) is 16.0. The molecule has 0 bridgehead atoms. The molecule has 0 radical (unpaired) electrons. The third-order valence-corrected chi connectivity index (χ3v) is 4.61. The fraction of sp³-hybridized carbons (Fsp3) is 0.333. The molecule has 1 amide bonds. The van der Waals surface area contributed by atoms with Crippen molar-refractivity contribution in [2.75, 3.05) is 19.4 Å². The summed E-state index contributed by atoms with van der Waals surface area (Å²) >= 11 is 0. The molecule has 3 rings (SSSR count). The first-order valence-corrected chi connectivity index (χ1v) is 9.75. The van der Waals surface area contributed by atoms with E-state index in [1.807, 2.05) is 38.1 Å². The van der Waals surface area contributed by atoms with Crippen LogP contribution in [-0.4, -0.2) is 56.7 Å². The van der Waals surface area contributed by atoms with Crippen LogP contribution in [0.3, 0.4) is 0 Å². The molecule has 0 aliphatic carbocycles. The molecule has 0 saturated carbocycles. The first kappa shape index (κ1) is 27.6. The fourth-order valence-corrected chi connectivity index (χ4v) is 3.08. The SMILES string of the molecule is Cc1cc(NC(=O)c2cncc3nc(C(F)(F)F)n(C)c23)ccc1CN(C)C.O=C(O)C(F)(F)F. The van der Waals surface area contributed by atoms with Gasteiger partial charge in [0, 0.05) is 25.5 Å². The minimum atomic E-state index is -5.08. The van der Waals surface area contributed by atoms with Gasteiger partial charge in [-0.3, -0.25) is 9.78 Å².